The molecule has 1 saturated carbocycles. The average Bonchev–Trinajstić information content (AvgIpc) is 2.30. The fourth-order valence-corrected chi connectivity index (χ4v) is 2.98. The van der Waals surface area contributed by atoms with Crippen LogP contribution < -0.4 is 5.32 Å². The molecule has 2 unspecified atom stereocenters. The van der Waals surface area contributed by atoms with E-state index in [1.54, 1.807) is 0 Å². The van der Waals surface area contributed by atoms with Crippen molar-refractivity contribution in [2.24, 2.45) is 17.8 Å². The summed E-state index contributed by atoms with van der Waals surface area (Å²) in [5, 5.41) is 3.58. The first-order valence-corrected chi connectivity index (χ1v) is 7.15. The summed E-state index contributed by atoms with van der Waals surface area (Å²) < 4.78 is 0. The molecule has 0 aromatic carbocycles. The zero-order valence-corrected chi connectivity index (χ0v) is 10.9. The van der Waals surface area contributed by atoms with Crippen LogP contribution in [0.5, 0.6) is 0 Å². The Morgan fingerprint density at radius 3 is 2.06 bits per heavy atom. The maximum absolute atomic E-state index is 3.58. The first-order valence-electron chi connectivity index (χ1n) is 7.15. The molecule has 0 aromatic rings. The molecule has 0 amide bonds. The Labute approximate surface area is 101 Å². The second-order valence-corrected chi connectivity index (χ2v) is 6.05. The lowest BCUT2D eigenvalue weighted by Gasteiger charge is -2.27. The molecule has 0 radical (unpaired) electrons. The van der Waals surface area contributed by atoms with Gasteiger partial charge in [0.2, 0.25) is 0 Å². The third kappa shape index (κ3) is 3.62. The highest BCUT2D eigenvalue weighted by Gasteiger charge is 2.18. The zero-order chi connectivity index (χ0) is 11.4. The summed E-state index contributed by atoms with van der Waals surface area (Å²) in [6.07, 6.45) is 13.5. The SMILES string of the molecule is CC1CCC(C=CC2CCC(C)NC2)CC1. The minimum absolute atomic E-state index is 0.736. The van der Waals surface area contributed by atoms with Crippen LogP contribution in [0, 0.1) is 17.8 Å². The Morgan fingerprint density at radius 2 is 1.44 bits per heavy atom. The van der Waals surface area contributed by atoms with E-state index >= 15 is 0 Å². The highest BCUT2D eigenvalue weighted by molar-refractivity contribution is 4.96. The summed E-state index contributed by atoms with van der Waals surface area (Å²) in [5.74, 6) is 2.66. The van der Waals surface area contributed by atoms with Crippen LogP contribution in [0.25, 0.3) is 0 Å². The van der Waals surface area contributed by atoms with Crippen LogP contribution in [-0.4, -0.2) is 12.6 Å². The van der Waals surface area contributed by atoms with Gasteiger partial charge in [-0.05, 0) is 50.4 Å². The normalized spacial score (nSPS) is 41.4. The van der Waals surface area contributed by atoms with E-state index in [1.807, 2.05) is 0 Å². The van der Waals surface area contributed by atoms with E-state index in [0.717, 1.165) is 23.8 Å². The molecule has 16 heavy (non-hydrogen) atoms. The molecule has 92 valence electrons. The number of piperidine rings is 1. The number of hydrogen-bond donors (Lipinski definition) is 1. The molecule has 1 nitrogen and oxygen atoms in total. The lowest BCUT2D eigenvalue weighted by atomic mass is 9.82. The molecule has 1 aliphatic heterocycles. The van der Waals surface area contributed by atoms with Crippen LogP contribution in [0.15, 0.2) is 12.2 Å². The smallest absolute Gasteiger partial charge is 0.00391 e. The van der Waals surface area contributed by atoms with Crippen molar-refractivity contribution < 1.29 is 0 Å². The van der Waals surface area contributed by atoms with Crippen LogP contribution in [0.3, 0.4) is 0 Å². The van der Waals surface area contributed by atoms with Crippen LogP contribution in [-0.2, 0) is 0 Å². The zero-order valence-electron chi connectivity index (χ0n) is 10.9. The molecule has 0 bridgehead atoms. The molecule has 2 fully saturated rings. The van der Waals surface area contributed by atoms with Crippen LogP contribution in [0.1, 0.15) is 52.4 Å². The summed E-state index contributed by atoms with van der Waals surface area (Å²) in [6.45, 7) is 5.88. The van der Waals surface area contributed by atoms with Gasteiger partial charge in [-0.3, -0.25) is 0 Å². The molecule has 2 aliphatic rings. The Balaban J connectivity index is 1.72. The Hall–Kier alpha value is -0.300. The topological polar surface area (TPSA) is 12.0 Å². The molecule has 2 rings (SSSR count). The molecule has 1 aliphatic carbocycles. The Morgan fingerprint density at radius 1 is 0.812 bits per heavy atom. The Kier molecular flexibility index (Phi) is 4.45. The Bertz CT molecular complexity index is 194. The summed E-state index contributed by atoms with van der Waals surface area (Å²) in [5.41, 5.74) is 0. The standard InChI is InChI=1S/C15H27N/c1-12-3-6-14(7-4-12)9-10-15-8-5-13(2)16-11-15/h9-10,12-16H,3-8,11H2,1-2H3. The minimum Gasteiger partial charge on any atom is -0.314 e. The van der Waals surface area contributed by atoms with Gasteiger partial charge in [0.05, 0.1) is 0 Å². The van der Waals surface area contributed by atoms with Crippen molar-refractivity contribution >= 4 is 0 Å². The molecule has 1 N–H and O–H groups in total. The van der Waals surface area contributed by atoms with E-state index in [1.165, 1.54) is 45.1 Å². The van der Waals surface area contributed by atoms with Gasteiger partial charge in [0.15, 0.2) is 0 Å². The number of rotatable bonds is 2. The first kappa shape index (κ1) is 12.2. The molecular weight excluding hydrogens is 194 g/mol. The average molecular weight is 221 g/mol. The third-order valence-corrected chi connectivity index (χ3v) is 4.41. The van der Waals surface area contributed by atoms with Gasteiger partial charge < -0.3 is 5.32 Å². The molecule has 1 heterocycles. The van der Waals surface area contributed by atoms with Gasteiger partial charge in [-0.1, -0.05) is 31.9 Å². The van der Waals surface area contributed by atoms with Gasteiger partial charge in [-0.2, -0.15) is 0 Å². The van der Waals surface area contributed by atoms with Gasteiger partial charge in [-0.15, -0.1) is 0 Å². The lowest BCUT2D eigenvalue weighted by molar-refractivity contribution is 0.326. The largest absolute Gasteiger partial charge is 0.314 e. The second kappa shape index (κ2) is 5.86. The van der Waals surface area contributed by atoms with E-state index in [2.05, 4.69) is 31.3 Å². The minimum atomic E-state index is 0.736. The molecule has 1 saturated heterocycles. The third-order valence-electron chi connectivity index (χ3n) is 4.41. The summed E-state index contributed by atoms with van der Waals surface area (Å²) in [4.78, 5) is 0. The molecule has 0 spiro atoms. The lowest BCUT2D eigenvalue weighted by Crippen LogP contribution is -2.36. The summed E-state index contributed by atoms with van der Waals surface area (Å²) in [6, 6.07) is 0.736. The van der Waals surface area contributed by atoms with Crippen molar-refractivity contribution in [3.8, 4) is 0 Å². The van der Waals surface area contributed by atoms with Gasteiger partial charge in [0, 0.05) is 12.6 Å². The van der Waals surface area contributed by atoms with Crippen molar-refractivity contribution in [3.05, 3.63) is 12.2 Å². The van der Waals surface area contributed by atoms with Gasteiger partial charge in [-0.25, -0.2) is 0 Å². The van der Waals surface area contributed by atoms with Crippen LogP contribution in [0.4, 0.5) is 0 Å². The van der Waals surface area contributed by atoms with E-state index in [-0.39, 0.29) is 0 Å². The van der Waals surface area contributed by atoms with Gasteiger partial charge in [0.1, 0.15) is 0 Å². The van der Waals surface area contributed by atoms with Crippen molar-refractivity contribution in [1.29, 1.82) is 0 Å². The maximum Gasteiger partial charge on any atom is 0.00391 e. The molecule has 0 aromatic heterocycles. The second-order valence-electron chi connectivity index (χ2n) is 6.05. The molecule has 1 heteroatoms. The molecular formula is C15H27N. The quantitative estimate of drug-likeness (QED) is 0.700. The van der Waals surface area contributed by atoms with E-state index in [9.17, 15) is 0 Å². The highest BCUT2D eigenvalue weighted by Crippen LogP contribution is 2.29. The van der Waals surface area contributed by atoms with E-state index in [0.29, 0.717) is 0 Å². The number of nitrogens with one attached hydrogen (secondary N) is 1. The van der Waals surface area contributed by atoms with Crippen molar-refractivity contribution in [2.75, 3.05) is 6.54 Å². The van der Waals surface area contributed by atoms with Gasteiger partial charge in [0.25, 0.3) is 0 Å². The van der Waals surface area contributed by atoms with E-state index in [4.69, 9.17) is 0 Å². The van der Waals surface area contributed by atoms with E-state index < -0.39 is 0 Å². The summed E-state index contributed by atoms with van der Waals surface area (Å²) in [7, 11) is 0. The fourth-order valence-electron chi connectivity index (χ4n) is 2.98. The van der Waals surface area contributed by atoms with Crippen LogP contribution >= 0.6 is 0 Å². The number of hydrogen-bond acceptors (Lipinski definition) is 1. The maximum atomic E-state index is 3.58. The highest BCUT2D eigenvalue weighted by atomic mass is 14.9. The predicted molar refractivity (Wildman–Crippen MR) is 70.5 cm³/mol. The first-order chi connectivity index (χ1) is 7.74. The van der Waals surface area contributed by atoms with Crippen LogP contribution in [0.2, 0.25) is 0 Å². The number of allylic oxidation sites excluding steroid dienone is 1. The van der Waals surface area contributed by atoms with Gasteiger partial charge >= 0.3 is 0 Å². The van der Waals surface area contributed by atoms with Crippen molar-refractivity contribution in [3.63, 3.8) is 0 Å². The fraction of sp³-hybridized carbons (Fsp3) is 0.867. The van der Waals surface area contributed by atoms with Crippen molar-refractivity contribution in [2.45, 2.75) is 58.4 Å². The summed E-state index contributed by atoms with van der Waals surface area (Å²) >= 11 is 0. The predicted octanol–water partition coefficient (Wildman–Crippen LogP) is 3.76. The van der Waals surface area contributed by atoms with Crippen molar-refractivity contribution in [1.82, 2.24) is 5.32 Å². The molecule has 2 atom stereocenters. The monoisotopic (exact) mass is 221 g/mol.